The van der Waals surface area contributed by atoms with E-state index in [2.05, 4.69) is 43.0 Å². The summed E-state index contributed by atoms with van der Waals surface area (Å²) >= 11 is 0. The van der Waals surface area contributed by atoms with Crippen LogP contribution in [-0.2, 0) is 17.6 Å². The number of carbonyl (C=O) groups excluding carboxylic acids is 1. The molecule has 0 radical (unpaired) electrons. The van der Waals surface area contributed by atoms with E-state index in [1.54, 1.807) is 0 Å². The molecule has 28 heavy (non-hydrogen) atoms. The second kappa shape index (κ2) is 8.26. The van der Waals surface area contributed by atoms with Crippen LogP contribution >= 0.6 is 0 Å². The molecule has 0 saturated carbocycles. The molecule has 0 bridgehead atoms. The Kier molecular flexibility index (Phi) is 5.56. The normalized spacial score (nSPS) is 16.6. The van der Waals surface area contributed by atoms with Gasteiger partial charge < -0.3 is 14.5 Å². The van der Waals surface area contributed by atoms with Crippen molar-refractivity contribution in [1.82, 2.24) is 4.90 Å². The van der Waals surface area contributed by atoms with Crippen molar-refractivity contribution in [1.29, 1.82) is 0 Å². The van der Waals surface area contributed by atoms with Gasteiger partial charge in [-0.05, 0) is 73.9 Å². The maximum atomic E-state index is 12.7. The quantitative estimate of drug-likeness (QED) is 0.809. The molecule has 4 rings (SSSR count). The summed E-state index contributed by atoms with van der Waals surface area (Å²) < 4.78 is 5.96. The zero-order valence-corrected chi connectivity index (χ0v) is 17.0. The Labute approximate surface area is 168 Å². The third-order valence-electron chi connectivity index (χ3n) is 6.25. The summed E-state index contributed by atoms with van der Waals surface area (Å²) in [5.41, 5.74) is 6.63. The highest BCUT2D eigenvalue weighted by Gasteiger charge is 2.23. The van der Waals surface area contributed by atoms with Gasteiger partial charge in [0, 0.05) is 31.9 Å². The van der Waals surface area contributed by atoms with Crippen molar-refractivity contribution < 1.29 is 9.53 Å². The number of nitrogens with zero attached hydrogens (tertiary/aromatic N) is 2. The third-order valence-corrected chi connectivity index (χ3v) is 6.25. The number of hydrogen-bond acceptors (Lipinski definition) is 3. The molecule has 2 aromatic carbocycles. The van der Waals surface area contributed by atoms with Crippen LogP contribution in [0.15, 0.2) is 36.4 Å². The van der Waals surface area contributed by atoms with Gasteiger partial charge in [-0.2, -0.15) is 0 Å². The Balaban J connectivity index is 1.33. The molecule has 148 valence electrons. The molecule has 0 unspecified atom stereocenters. The van der Waals surface area contributed by atoms with Gasteiger partial charge in [-0.1, -0.05) is 24.3 Å². The largest absolute Gasteiger partial charge is 0.483 e. The van der Waals surface area contributed by atoms with Gasteiger partial charge in [-0.3, -0.25) is 4.79 Å². The van der Waals surface area contributed by atoms with Crippen molar-refractivity contribution in [2.75, 3.05) is 37.7 Å². The van der Waals surface area contributed by atoms with E-state index in [0.717, 1.165) is 44.8 Å². The lowest BCUT2D eigenvalue weighted by Crippen LogP contribution is -2.50. The van der Waals surface area contributed by atoms with E-state index in [4.69, 9.17) is 4.74 Å². The summed E-state index contributed by atoms with van der Waals surface area (Å²) in [7, 11) is 0. The van der Waals surface area contributed by atoms with Crippen molar-refractivity contribution in [3.05, 3.63) is 58.7 Å². The minimum Gasteiger partial charge on any atom is -0.483 e. The Morgan fingerprint density at radius 2 is 1.71 bits per heavy atom. The standard InChI is InChI=1S/C24H30N2O2/c1-18-7-5-11-22(19(18)2)25-13-15-26(16-14-25)24(27)17-28-23-12-6-9-20-8-3-4-10-21(20)23/h5-7,9,11-12H,3-4,8,10,13-17H2,1-2H3. The molecule has 1 fully saturated rings. The summed E-state index contributed by atoms with van der Waals surface area (Å²) in [5, 5.41) is 0. The molecule has 2 aromatic rings. The fourth-order valence-corrected chi connectivity index (χ4v) is 4.39. The number of piperazine rings is 1. The number of anilines is 1. The molecule has 1 amide bonds. The number of carbonyl (C=O) groups is 1. The summed E-state index contributed by atoms with van der Waals surface area (Å²) in [4.78, 5) is 17.0. The number of ether oxygens (including phenoxy) is 1. The van der Waals surface area contributed by atoms with Crippen LogP contribution in [0.1, 0.15) is 35.1 Å². The molecule has 1 aliphatic heterocycles. The third kappa shape index (κ3) is 3.87. The first-order valence-electron chi connectivity index (χ1n) is 10.5. The number of fused-ring (bicyclic) bond motifs is 1. The molecule has 4 heteroatoms. The van der Waals surface area contributed by atoms with Gasteiger partial charge in [0.1, 0.15) is 5.75 Å². The van der Waals surface area contributed by atoms with Crippen LogP contribution in [0.25, 0.3) is 0 Å². The highest BCUT2D eigenvalue weighted by Crippen LogP contribution is 2.29. The summed E-state index contributed by atoms with van der Waals surface area (Å²) in [6.07, 6.45) is 4.65. The lowest BCUT2D eigenvalue weighted by atomic mass is 9.91. The zero-order chi connectivity index (χ0) is 19.5. The topological polar surface area (TPSA) is 32.8 Å². The maximum absolute atomic E-state index is 12.7. The predicted octanol–water partition coefficient (Wildman–Crippen LogP) is 3.91. The molecular formula is C24H30N2O2. The van der Waals surface area contributed by atoms with Gasteiger partial charge in [0.2, 0.25) is 0 Å². The Morgan fingerprint density at radius 3 is 2.54 bits per heavy atom. The molecule has 2 aliphatic rings. The van der Waals surface area contributed by atoms with Crippen LogP contribution in [0.2, 0.25) is 0 Å². The highest BCUT2D eigenvalue weighted by atomic mass is 16.5. The van der Waals surface area contributed by atoms with E-state index in [0.29, 0.717) is 0 Å². The first-order valence-corrected chi connectivity index (χ1v) is 10.5. The zero-order valence-electron chi connectivity index (χ0n) is 17.0. The maximum Gasteiger partial charge on any atom is 0.260 e. The smallest absolute Gasteiger partial charge is 0.260 e. The summed E-state index contributed by atoms with van der Waals surface area (Å²) in [6.45, 7) is 7.72. The number of benzene rings is 2. The molecule has 4 nitrogen and oxygen atoms in total. The van der Waals surface area contributed by atoms with Crippen LogP contribution < -0.4 is 9.64 Å². The second-order valence-electron chi connectivity index (χ2n) is 7.98. The van der Waals surface area contributed by atoms with Crippen LogP contribution in [0.4, 0.5) is 5.69 Å². The average molecular weight is 379 g/mol. The molecule has 0 N–H and O–H groups in total. The number of hydrogen-bond donors (Lipinski definition) is 0. The Bertz CT molecular complexity index is 854. The number of amides is 1. The second-order valence-corrected chi connectivity index (χ2v) is 7.98. The van der Waals surface area contributed by atoms with Crippen molar-refractivity contribution >= 4 is 11.6 Å². The van der Waals surface area contributed by atoms with Crippen molar-refractivity contribution in [2.45, 2.75) is 39.5 Å². The minimum atomic E-state index is 0.0917. The molecule has 1 aliphatic carbocycles. The Morgan fingerprint density at radius 1 is 0.964 bits per heavy atom. The number of rotatable bonds is 4. The first kappa shape index (κ1) is 18.9. The van der Waals surface area contributed by atoms with Crippen molar-refractivity contribution in [2.24, 2.45) is 0 Å². The minimum absolute atomic E-state index is 0.0917. The van der Waals surface area contributed by atoms with Crippen molar-refractivity contribution in [3.8, 4) is 5.75 Å². The monoisotopic (exact) mass is 378 g/mol. The van der Waals surface area contributed by atoms with Gasteiger partial charge >= 0.3 is 0 Å². The first-order chi connectivity index (χ1) is 13.6. The summed E-state index contributed by atoms with van der Waals surface area (Å²) in [5.74, 6) is 0.994. The van der Waals surface area contributed by atoms with E-state index < -0.39 is 0 Å². The predicted molar refractivity (Wildman–Crippen MR) is 113 cm³/mol. The van der Waals surface area contributed by atoms with E-state index in [1.807, 2.05) is 17.0 Å². The van der Waals surface area contributed by atoms with E-state index in [1.165, 1.54) is 40.8 Å². The molecular weight excluding hydrogens is 348 g/mol. The van der Waals surface area contributed by atoms with E-state index in [9.17, 15) is 4.79 Å². The fourth-order valence-electron chi connectivity index (χ4n) is 4.39. The van der Waals surface area contributed by atoms with Crippen molar-refractivity contribution in [3.63, 3.8) is 0 Å². The van der Waals surface area contributed by atoms with Gasteiger partial charge in [-0.25, -0.2) is 0 Å². The van der Waals surface area contributed by atoms with Gasteiger partial charge in [-0.15, -0.1) is 0 Å². The van der Waals surface area contributed by atoms with E-state index >= 15 is 0 Å². The van der Waals surface area contributed by atoms with Gasteiger partial charge in [0.15, 0.2) is 6.61 Å². The average Bonchev–Trinajstić information content (AvgIpc) is 2.74. The highest BCUT2D eigenvalue weighted by molar-refractivity contribution is 5.78. The van der Waals surface area contributed by atoms with Crippen LogP contribution in [-0.4, -0.2) is 43.6 Å². The Hall–Kier alpha value is -2.49. The summed E-state index contributed by atoms with van der Waals surface area (Å²) in [6, 6.07) is 12.7. The number of aryl methyl sites for hydroxylation is 2. The van der Waals surface area contributed by atoms with E-state index in [-0.39, 0.29) is 12.5 Å². The molecule has 1 heterocycles. The van der Waals surface area contributed by atoms with Gasteiger partial charge in [0.05, 0.1) is 0 Å². The molecule has 1 saturated heterocycles. The van der Waals surface area contributed by atoms with Crippen LogP contribution in [0.3, 0.4) is 0 Å². The van der Waals surface area contributed by atoms with Gasteiger partial charge in [0.25, 0.3) is 5.91 Å². The fraction of sp³-hybridized carbons (Fsp3) is 0.458. The SMILES string of the molecule is Cc1cccc(N2CCN(C(=O)COc3cccc4c3CCCC4)CC2)c1C. The van der Waals surface area contributed by atoms with Crippen LogP contribution in [0, 0.1) is 13.8 Å². The lowest BCUT2D eigenvalue weighted by molar-refractivity contribution is -0.133. The molecule has 0 aromatic heterocycles. The molecule has 0 spiro atoms. The lowest BCUT2D eigenvalue weighted by Gasteiger charge is -2.37. The molecule has 0 atom stereocenters. The van der Waals surface area contributed by atoms with Crippen LogP contribution in [0.5, 0.6) is 5.75 Å².